The molecule has 2 rings (SSSR count). The summed E-state index contributed by atoms with van der Waals surface area (Å²) >= 11 is 0. The summed E-state index contributed by atoms with van der Waals surface area (Å²) in [4.78, 5) is 11.6. The highest BCUT2D eigenvalue weighted by atomic mass is 16.1. The predicted octanol–water partition coefficient (Wildman–Crippen LogP) is 3.13. The fourth-order valence-electron chi connectivity index (χ4n) is 1.83. The zero-order chi connectivity index (χ0) is 10.5. The summed E-state index contributed by atoms with van der Waals surface area (Å²) in [6.45, 7) is 0. The molecule has 0 fully saturated rings. The smallest absolute Gasteiger partial charge is 0.228 e. The van der Waals surface area contributed by atoms with Crippen LogP contribution in [-0.2, 0) is 4.79 Å². The van der Waals surface area contributed by atoms with Crippen LogP contribution in [0, 0.1) is 0 Å². The van der Waals surface area contributed by atoms with Crippen molar-refractivity contribution in [2.24, 2.45) is 0 Å². The molecule has 0 saturated carbocycles. The minimum atomic E-state index is 0.0920. The van der Waals surface area contributed by atoms with Gasteiger partial charge in [0.25, 0.3) is 0 Å². The fourth-order valence-corrected chi connectivity index (χ4v) is 1.83. The van der Waals surface area contributed by atoms with Gasteiger partial charge in [0.1, 0.15) is 0 Å². The second-order valence-electron chi connectivity index (χ2n) is 3.85. The van der Waals surface area contributed by atoms with E-state index in [2.05, 4.69) is 11.4 Å². The van der Waals surface area contributed by atoms with Crippen LogP contribution >= 0.6 is 0 Å². The van der Waals surface area contributed by atoms with E-state index in [0.717, 1.165) is 18.5 Å². The second-order valence-corrected chi connectivity index (χ2v) is 3.85. The number of hydrogen-bond acceptors (Lipinski definition) is 1. The van der Waals surface area contributed by atoms with Crippen LogP contribution in [0.2, 0.25) is 0 Å². The van der Waals surface area contributed by atoms with Gasteiger partial charge in [-0.15, -0.1) is 0 Å². The Kier molecular flexibility index (Phi) is 3.18. The van der Waals surface area contributed by atoms with Gasteiger partial charge in [-0.3, -0.25) is 4.79 Å². The van der Waals surface area contributed by atoms with Crippen LogP contribution in [0.25, 0.3) is 0 Å². The van der Waals surface area contributed by atoms with E-state index < -0.39 is 0 Å². The number of nitrogens with one attached hydrogen (secondary N) is 1. The van der Waals surface area contributed by atoms with E-state index in [1.807, 2.05) is 30.3 Å². The Bertz CT molecular complexity index is 367. The van der Waals surface area contributed by atoms with Gasteiger partial charge < -0.3 is 5.32 Å². The van der Waals surface area contributed by atoms with E-state index in [9.17, 15) is 4.79 Å². The summed E-state index contributed by atoms with van der Waals surface area (Å²) in [5.41, 5.74) is 2.16. The molecule has 1 aliphatic carbocycles. The topological polar surface area (TPSA) is 29.1 Å². The second kappa shape index (κ2) is 4.78. The zero-order valence-electron chi connectivity index (χ0n) is 8.70. The van der Waals surface area contributed by atoms with Crippen molar-refractivity contribution in [3.05, 3.63) is 42.0 Å². The van der Waals surface area contributed by atoms with Gasteiger partial charge in [0.15, 0.2) is 0 Å². The molecule has 2 heteroatoms. The highest BCUT2D eigenvalue weighted by Crippen LogP contribution is 2.20. The molecule has 0 aromatic heterocycles. The minimum Gasteiger partial charge on any atom is -0.326 e. The number of benzene rings is 1. The molecule has 0 radical (unpaired) electrons. The Hall–Kier alpha value is -1.57. The lowest BCUT2D eigenvalue weighted by molar-refractivity contribution is -0.115. The fraction of sp³-hybridized carbons (Fsp3) is 0.308. The molecule has 2 nitrogen and oxygen atoms in total. The number of para-hydroxylation sites is 1. The number of rotatable bonds is 3. The van der Waals surface area contributed by atoms with Gasteiger partial charge in [0.05, 0.1) is 0 Å². The van der Waals surface area contributed by atoms with Crippen molar-refractivity contribution in [1.82, 2.24) is 0 Å². The van der Waals surface area contributed by atoms with Crippen LogP contribution in [-0.4, -0.2) is 5.91 Å². The van der Waals surface area contributed by atoms with E-state index in [-0.39, 0.29) is 5.91 Å². The molecule has 1 amide bonds. The Morgan fingerprint density at radius 3 is 2.73 bits per heavy atom. The summed E-state index contributed by atoms with van der Waals surface area (Å²) in [5.74, 6) is 0.0920. The maximum absolute atomic E-state index is 11.6. The third-order valence-corrected chi connectivity index (χ3v) is 2.58. The minimum absolute atomic E-state index is 0.0920. The lowest BCUT2D eigenvalue weighted by Crippen LogP contribution is -2.11. The Labute approximate surface area is 90.0 Å². The summed E-state index contributed by atoms with van der Waals surface area (Å²) in [5, 5.41) is 2.89. The maximum Gasteiger partial charge on any atom is 0.228 e. The molecule has 1 N–H and O–H groups in total. The molecule has 0 aliphatic heterocycles. The van der Waals surface area contributed by atoms with Crippen molar-refractivity contribution in [1.29, 1.82) is 0 Å². The summed E-state index contributed by atoms with van der Waals surface area (Å²) in [6.07, 6.45) is 6.16. The normalized spacial score (nSPS) is 14.8. The van der Waals surface area contributed by atoms with Crippen molar-refractivity contribution < 1.29 is 4.79 Å². The van der Waals surface area contributed by atoms with Crippen LogP contribution < -0.4 is 5.32 Å². The number of hydrogen-bond donors (Lipinski definition) is 1. The molecule has 0 heterocycles. The van der Waals surface area contributed by atoms with E-state index >= 15 is 0 Å². The number of anilines is 1. The Morgan fingerprint density at radius 2 is 2.07 bits per heavy atom. The third kappa shape index (κ3) is 2.94. The first-order valence-electron chi connectivity index (χ1n) is 5.37. The lowest BCUT2D eigenvalue weighted by atomic mass is 10.1. The van der Waals surface area contributed by atoms with Crippen molar-refractivity contribution in [2.45, 2.75) is 25.7 Å². The van der Waals surface area contributed by atoms with Crippen LogP contribution in [0.1, 0.15) is 25.7 Å². The Balaban J connectivity index is 1.87. The Morgan fingerprint density at radius 1 is 1.27 bits per heavy atom. The van der Waals surface area contributed by atoms with Crippen molar-refractivity contribution >= 4 is 11.6 Å². The molecular formula is C13H15NO. The molecule has 15 heavy (non-hydrogen) atoms. The SMILES string of the molecule is O=C(CC1=CCCC1)Nc1ccccc1. The van der Waals surface area contributed by atoms with Crippen molar-refractivity contribution in [3.63, 3.8) is 0 Å². The van der Waals surface area contributed by atoms with E-state index in [0.29, 0.717) is 6.42 Å². The van der Waals surface area contributed by atoms with Crippen molar-refractivity contribution in [2.75, 3.05) is 5.32 Å². The van der Waals surface area contributed by atoms with Gasteiger partial charge in [0.2, 0.25) is 5.91 Å². The number of carbonyl (C=O) groups is 1. The van der Waals surface area contributed by atoms with Gasteiger partial charge in [-0.25, -0.2) is 0 Å². The number of allylic oxidation sites excluding steroid dienone is 1. The molecule has 0 atom stereocenters. The molecule has 0 saturated heterocycles. The molecule has 1 aliphatic rings. The molecule has 1 aromatic carbocycles. The van der Waals surface area contributed by atoms with Crippen LogP contribution in [0.5, 0.6) is 0 Å². The predicted molar refractivity (Wildman–Crippen MR) is 61.6 cm³/mol. The molecule has 0 spiro atoms. The van der Waals surface area contributed by atoms with Gasteiger partial charge in [-0.05, 0) is 31.4 Å². The first-order chi connectivity index (χ1) is 7.34. The quantitative estimate of drug-likeness (QED) is 0.748. The van der Waals surface area contributed by atoms with Gasteiger partial charge >= 0.3 is 0 Å². The summed E-state index contributed by atoms with van der Waals surface area (Å²) in [6, 6.07) is 9.59. The van der Waals surface area contributed by atoms with Crippen LogP contribution in [0.15, 0.2) is 42.0 Å². The van der Waals surface area contributed by atoms with Gasteiger partial charge in [-0.1, -0.05) is 29.8 Å². The summed E-state index contributed by atoms with van der Waals surface area (Å²) < 4.78 is 0. The van der Waals surface area contributed by atoms with Crippen molar-refractivity contribution in [3.8, 4) is 0 Å². The first kappa shape index (κ1) is 9.97. The monoisotopic (exact) mass is 201 g/mol. The highest BCUT2D eigenvalue weighted by Gasteiger charge is 2.09. The average molecular weight is 201 g/mol. The first-order valence-corrected chi connectivity index (χ1v) is 5.37. The highest BCUT2D eigenvalue weighted by molar-refractivity contribution is 5.92. The molecule has 78 valence electrons. The summed E-state index contributed by atoms with van der Waals surface area (Å²) in [7, 11) is 0. The lowest BCUT2D eigenvalue weighted by Gasteiger charge is -2.05. The molecule has 0 unspecified atom stereocenters. The van der Waals surface area contributed by atoms with E-state index in [1.165, 1.54) is 12.0 Å². The van der Waals surface area contributed by atoms with E-state index in [1.54, 1.807) is 0 Å². The molecular weight excluding hydrogens is 186 g/mol. The van der Waals surface area contributed by atoms with Crippen LogP contribution in [0.4, 0.5) is 5.69 Å². The van der Waals surface area contributed by atoms with Crippen LogP contribution in [0.3, 0.4) is 0 Å². The standard InChI is InChI=1S/C13H15NO/c15-13(10-11-6-4-5-7-11)14-12-8-2-1-3-9-12/h1-3,6,8-9H,4-5,7,10H2,(H,14,15). The van der Waals surface area contributed by atoms with E-state index in [4.69, 9.17) is 0 Å². The third-order valence-electron chi connectivity index (χ3n) is 2.58. The maximum atomic E-state index is 11.6. The molecule has 1 aromatic rings. The van der Waals surface area contributed by atoms with Gasteiger partial charge in [0, 0.05) is 12.1 Å². The van der Waals surface area contributed by atoms with Gasteiger partial charge in [-0.2, -0.15) is 0 Å². The largest absolute Gasteiger partial charge is 0.326 e. The zero-order valence-corrected chi connectivity index (χ0v) is 8.70. The number of carbonyl (C=O) groups excluding carboxylic acids is 1. The number of amides is 1. The molecule has 0 bridgehead atoms. The average Bonchev–Trinajstić information content (AvgIpc) is 2.71.